The van der Waals surface area contributed by atoms with Crippen LogP contribution >= 0.6 is 15.9 Å². The Morgan fingerprint density at radius 2 is 2.05 bits per heavy atom. The van der Waals surface area contributed by atoms with Gasteiger partial charge in [-0.15, -0.1) is 0 Å². The van der Waals surface area contributed by atoms with E-state index in [1.165, 1.54) is 0 Å². The van der Waals surface area contributed by atoms with Crippen LogP contribution in [-0.2, 0) is 0 Å². The molecule has 2 atom stereocenters. The second kappa shape index (κ2) is 5.58. The minimum atomic E-state index is -0.434. The number of fused-ring (bicyclic) bond motifs is 1. The molecule has 1 saturated carbocycles. The number of aliphatic hydroxyl groups excluding tert-OH is 1. The molecule has 106 valence electrons. The first-order valence-electron chi connectivity index (χ1n) is 6.92. The van der Waals surface area contributed by atoms with E-state index in [1.54, 1.807) is 0 Å². The van der Waals surface area contributed by atoms with Crippen molar-refractivity contribution < 1.29 is 9.90 Å². The fraction of sp³-hybridized carbons (Fsp3) is 0.400. The van der Waals surface area contributed by atoms with Crippen LogP contribution < -0.4 is 5.32 Å². The molecule has 3 N–H and O–H groups in total. The number of benzene rings is 1. The van der Waals surface area contributed by atoms with Crippen molar-refractivity contribution in [3.8, 4) is 0 Å². The van der Waals surface area contributed by atoms with Gasteiger partial charge in [0, 0.05) is 10.9 Å². The van der Waals surface area contributed by atoms with E-state index >= 15 is 0 Å². The van der Waals surface area contributed by atoms with E-state index in [4.69, 9.17) is 0 Å². The highest BCUT2D eigenvalue weighted by Crippen LogP contribution is 2.28. The van der Waals surface area contributed by atoms with Gasteiger partial charge in [-0.05, 0) is 34.8 Å². The Hall–Kier alpha value is -1.33. The number of carbonyl (C=O) groups excluding carboxylic acids is 1. The summed E-state index contributed by atoms with van der Waals surface area (Å²) in [5.74, 6) is -0.168. The highest BCUT2D eigenvalue weighted by Gasteiger charge is 2.26. The van der Waals surface area contributed by atoms with Gasteiger partial charge in [0.15, 0.2) is 0 Å². The van der Waals surface area contributed by atoms with Crippen molar-refractivity contribution in [3.63, 3.8) is 0 Å². The number of hydrogen-bond acceptors (Lipinski definition) is 2. The number of para-hydroxylation sites is 1. The first-order valence-corrected chi connectivity index (χ1v) is 7.71. The van der Waals surface area contributed by atoms with Crippen molar-refractivity contribution in [1.82, 2.24) is 10.3 Å². The summed E-state index contributed by atoms with van der Waals surface area (Å²) in [6.07, 6.45) is 3.25. The monoisotopic (exact) mass is 336 g/mol. The quantitative estimate of drug-likeness (QED) is 0.789. The molecule has 5 heteroatoms. The number of aromatic nitrogens is 1. The first kappa shape index (κ1) is 13.6. The molecular formula is C15H17BrN2O2. The Balaban J connectivity index is 1.83. The lowest BCUT2D eigenvalue weighted by Crippen LogP contribution is -2.45. The third-order valence-corrected chi connectivity index (χ3v) is 4.74. The van der Waals surface area contributed by atoms with E-state index in [1.807, 2.05) is 24.3 Å². The Bertz CT molecular complexity index is 638. The van der Waals surface area contributed by atoms with Crippen molar-refractivity contribution in [2.24, 2.45) is 0 Å². The summed E-state index contributed by atoms with van der Waals surface area (Å²) in [4.78, 5) is 15.5. The molecule has 0 aliphatic heterocycles. The van der Waals surface area contributed by atoms with Crippen LogP contribution in [0.5, 0.6) is 0 Å². The zero-order valence-electron chi connectivity index (χ0n) is 11.0. The van der Waals surface area contributed by atoms with Crippen molar-refractivity contribution in [2.45, 2.75) is 37.8 Å². The molecule has 2 unspecified atom stereocenters. The fourth-order valence-electron chi connectivity index (χ4n) is 2.78. The highest BCUT2D eigenvalue weighted by molar-refractivity contribution is 9.10. The first-order chi connectivity index (χ1) is 9.66. The number of aliphatic hydroxyl groups is 1. The molecule has 1 aliphatic carbocycles. The molecule has 0 spiro atoms. The fourth-order valence-corrected chi connectivity index (χ4v) is 3.41. The van der Waals surface area contributed by atoms with Crippen LogP contribution in [0.2, 0.25) is 0 Å². The summed E-state index contributed by atoms with van der Waals surface area (Å²) in [6.45, 7) is 0. The minimum absolute atomic E-state index is 0.144. The number of rotatable bonds is 2. The van der Waals surface area contributed by atoms with Crippen molar-refractivity contribution in [1.29, 1.82) is 0 Å². The predicted molar refractivity (Wildman–Crippen MR) is 81.7 cm³/mol. The summed E-state index contributed by atoms with van der Waals surface area (Å²) in [7, 11) is 0. The van der Waals surface area contributed by atoms with Gasteiger partial charge in [-0.2, -0.15) is 0 Å². The van der Waals surface area contributed by atoms with Gasteiger partial charge in [-0.3, -0.25) is 4.79 Å². The molecule has 0 radical (unpaired) electrons. The largest absolute Gasteiger partial charge is 0.391 e. The Morgan fingerprint density at radius 3 is 2.80 bits per heavy atom. The Labute approximate surface area is 125 Å². The lowest BCUT2D eigenvalue weighted by molar-refractivity contribution is 0.0714. The van der Waals surface area contributed by atoms with Gasteiger partial charge in [0.05, 0.1) is 16.6 Å². The third-order valence-electron chi connectivity index (χ3n) is 3.92. The normalized spacial score (nSPS) is 22.9. The lowest BCUT2D eigenvalue weighted by Gasteiger charge is -2.28. The van der Waals surface area contributed by atoms with Gasteiger partial charge in [-0.1, -0.05) is 31.0 Å². The van der Waals surface area contributed by atoms with Crippen LogP contribution in [0.3, 0.4) is 0 Å². The van der Waals surface area contributed by atoms with E-state index < -0.39 is 6.10 Å². The van der Waals surface area contributed by atoms with Gasteiger partial charge in [0.2, 0.25) is 0 Å². The average molecular weight is 337 g/mol. The molecule has 1 aromatic heterocycles. The molecule has 0 bridgehead atoms. The standard InChI is InChI=1S/C15H17BrN2O2/c16-13-9-5-1-2-6-10(9)17-14(13)15(20)18-11-7-3-4-8-12(11)19/h1-2,5-6,11-12,17,19H,3-4,7-8H2,(H,18,20). The van der Waals surface area contributed by atoms with Crippen LogP contribution in [0.1, 0.15) is 36.2 Å². The molecule has 2 aromatic rings. The third kappa shape index (κ3) is 2.47. The lowest BCUT2D eigenvalue weighted by atomic mass is 9.92. The van der Waals surface area contributed by atoms with Crippen molar-refractivity contribution in [2.75, 3.05) is 0 Å². The van der Waals surface area contributed by atoms with Gasteiger partial charge in [0.1, 0.15) is 5.69 Å². The second-order valence-electron chi connectivity index (χ2n) is 5.29. The van der Waals surface area contributed by atoms with E-state index in [0.29, 0.717) is 5.69 Å². The molecule has 4 nitrogen and oxygen atoms in total. The summed E-state index contributed by atoms with van der Waals surface area (Å²) in [5, 5.41) is 13.9. The maximum atomic E-state index is 12.4. The molecule has 1 aromatic carbocycles. The molecule has 20 heavy (non-hydrogen) atoms. The summed E-state index contributed by atoms with van der Waals surface area (Å²) < 4.78 is 0.774. The van der Waals surface area contributed by atoms with Gasteiger partial charge in [-0.25, -0.2) is 0 Å². The molecular weight excluding hydrogens is 320 g/mol. The Kier molecular flexibility index (Phi) is 3.81. The summed E-state index contributed by atoms with van der Waals surface area (Å²) in [6, 6.07) is 7.62. The topological polar surface area (TPSA) is 65.1 Å². The number of amides is 1. The Morgan fingerprint density at radius 1 is 1.30 bits per heavy atom. The van der Waals surface area contributed by atoms with Crippen LogP contribution in [0.15, 0.2) is 28.7 Å². The van der Waals surface area contributed by atoms with Gasteiger partial charge >= 0.3 is 0 Å². The van der Waals surface area contributed by atoms with Crippen LogP contribution in [-0.4, -0.2) is 28.1 Å². The molecule has 1 heterocycles. The van der Waals surface area contributed by atoms with Crippen molar-refractivity contribution >= 4 is 32.7 Å². The van der Waals surface area contributed by atoms with Crippen molar-refractivity contribution in [3.05, 3.63) is 34.4 Å². The minimum Gasteiger partial charge on any atom is -0.391 e. The maximum Gasteiger partial charge on any atom is 0.269 e. The summed E-state index contributed by atoms with van der Waals surface area (Å²) in [5.41, 5.74) is 1.44. The molecule has 1 aliphatic rings. The zero-order valence-corrected chi connectivity index (χ0v) is 12.6. The van der Waals surface area contributed by atoms with Gasteiger partial charge in [0.25, 0.3) is 5.91 Å². The predicted octanol–water partition coefficient (Wildman–Crippen LogP) is 2.96. The SMILES string of the molecule is O=C(NC1CCCCC1O)c1[nH]c2ccccc2c1Br. The second-order valence-corrected chi connectivity index (χ2v) is 6.08. The zero-order chi connectivity index (χ0) is 14.1. The van der Waals surface area contributed by atoms with E-state index in [2.05, 4.69) is 26.2 Å². The smallest absolute Gasteiger partial charge is 0.269 e. The van der Waals surface area contributed by atoms with Crippen LogP contribution in [0.4, 0.5) is 0 Å². The molecule has 1 fully saturated rings. The highest BCUT2D eigenvalue weighted by atomic mass is 79.9. The average Bonchev–Trinajstić information content (AvgIpc) is 2.79. The van der Waals surface area contributed by atoms with E-state index in [9.17, 15) is 9.90 Å². The van der Waals surface area contributed by atoms with Gasteiger partial charge < -0.3 is 15.4 Å². The van der Waals surface area contributed by atoms with Crippen LogP contribution in [0.25, 0.3) is 10.9 Å². The number of hydrogen-bond donors (Lipinski definition) is 3. The maximum absolute atomic E-state index is 12.4. The molecule has 3 rings (SSSR count). The number of nitrogens with one attached hydrogen (secondary N) is 2. The number of halogens is 1. The summed E-state index contributed by atoms with van der Waals surface area (Å²) >= 11 is 3.48. The number of carbonyl (C=O) groups is 1. The number of aromatic amines is 1. The number of H-pyrrole nitrogens is 1. The molecule has 0 saturated heterocycles. The van der Waals surface area contributed by atoms with Crippen LogP contribution in [0, 0.1) is 0 Å². The van der Waals surface area contributed by atoms with E-state index in [-0.39, 0.29) is 11.9 Å². The molecule has 1 amide bonds. The van der Waals surface area contributed by atoms with E-state index in [0.717, 1.165) is 41.1 Å².